The molecule has 0 fully saturated rings. The predicted octanol–water partition coefficient (Wildman–Crippen LogP) is 2.69. The fourth-order valence-corrected chi connectivity index (χ4v) is 1.13. The minimum absolute atomic E-state index is 0.153. The van der Waals surface area contributed by atoms with Gasteiger partial charge < -0.3 is 0 Å². The van der Waals surface area contributed by atoms with Crippen LogP contribution in [-0.4, -0.2) is 16.1 Å². The van der Waals surface area contributed by atoms with E-state index in [1.165, 1.54) is 4.68 Å². The summed E-state index contributed by atoms with van der Waals surface area (Å²) in [4.78, 5) is 10.4. The fraction of sp³-hybridized carbons (Fsp3) is 0.556. The number of aromatic nitrogens is 2. The van der Waals surface area contributed by atoms with Gasteiger partial charge >= 0.3 is 6.18 Å². The molecule has 0 saturated carbocycles. The van der Waals surface area contributed by atoms with Crippen molar-refractivity contribution in [2.45, 2.75) is 32.5 Å². The van der Waals surface area contributed by atoms with Gasteiger partial charge in [0.1, 0.15) is 0 Å². The van der Waals surface area contributed by atoms with E-state index in [9.17, 15) is 18.0 Å². The summed E-state index contributed by atoms with van der Waals surface area (Å²) in [6.45, 7) is 3.57. The van der Waals surface area contributed by atoms with Crippen LogP contribution >= 0.6 is 0 Å². The van der Waals surface area contributed by atoms with E-state index in [4.69, 9.17) is 0 Å². The Morgan fingerprint density at radius 1 is 1.60 bits per heavy atom. The van der Waals surface area contributed by atoms with Gasteiger partial charge in [-0.2, -0.15) is 18.3 Å². The second-order valence-electron chi connectivity index (χ2n) is 3.29. The van der Waals surface area contributed by atoms with Gasteiger partial charge in [0.2, 0.25) is 0 Å². The van der Waals surface area contributed by atoms with Crippen LogP contribution in [0.5, 0.6) is 0 Å². The van der Waals surface area contributed by atoms with Gasteiger partial charge in [-0.1, -0.05) is 6.92 Å². The van der Waals surface area contributed by atoms with E-state index in [0.717, 1.165) is 6.20 Å². The van der Waals surface area contributed by atoms with Gasteiger partial charge in [-0.3, -0.25) is 9.48 Å². The Balaban J connectivity index is 3.17. The minimum Gasteiger partial charge on any atom is -0.298 e. The van der Waals surface area contributed by atoms with E-state index in [2.05, 4.69) is 5.10 Å². The highest BCUT2D eigenvalue weighted by Crippen LogP contribution is 2.30. The third-order valence-corrected chi connectivity index (χ3v) is 2.20. The van der Waals surface area contributed by atoms with Gasteiger partial charge in [-0.25, -0.2) is 0 Å². The summed E-state index contributed by atoms with van der Waals surface area (Å²) in [5, 5.41) is 3.38. The molecule has 0 amide bonds. The predicted molar refractivity (Wildman–Crippen MR) is 47.6 cm³/mol. The molecule has 0 saturated heterocycles. The zero-order valence-electron chi connectivity index (χ0n) is 8.38. The molecule has 0 aliphatic carbocycles. The van der Waals surface area contributed by atoms with Crippen LogP contribution in [0, 0.1) is 0 Å². The topological polar surface area (TPSA) is 34.9 Å². The number of rotatable bonds is 3. The summed E-state index contributed by atoms with van der Waals surface area (Å²) >= 11 is 0. The molecule has 0 bridgehead atoms. The number of hydrogen-bond acceptors (Lipinski definition) is 2. The highest BCUT2D eigenvalue weighted by atomic mass is 19.4. The Morgan fingerprint density at radius 2 is 2.20 bits per heavy atom. The molecule has 0 spiro atoms. The lowest BCUT2D eigenvalue weighted by Gasteiger charge is -2.08. The number of carbonyl (C=O) groups excluding carboxylic acids is 1. The van der Waals surface area contributed by atoms with Gasteiger partial charge in [-0.15, -0.1) is 0 Å². The van der Waals surface area contributed by atoms with Crippen molar-refractivity contribution < 1.29 is 18.0 Å². The van der Waals surface area contributed by atoms with Crippen LogP contribution in [0.25, 0.3) is 0 Å². The molecular weight excluding hydrogens is 209 g/mol. The van der Waals surface area contributed by atoms with Crippen LogP contribution in [0.2, 0.25) is 0 Å². The molecule has 0 aliphatic rings. The third-order valence-electron chi connectivity index (χ3n) is 2.20. The van der Waals surface area contributed by atoms with Crippen molar-refractivity contribution in [3.63, 3.8) is 0 Å². The van der Waals surface area contributed by atoms with Gasteiger partial charge in [0.15, 0.2) is 12.0 Å². The van der Waals surface area contributed by atoms with Crippen molar-refractivity contribution in [1.29, 1.82) is 0 Å². The molecule has 0 aromatic carbocycles. The molecule has 1 heterocycles. The molecule has 0 aliphatic heterocycles. The summed E-state index contributed by atoms with van der Waals surface area (Å²) in [5.74, 6) is 0. The number of halogens is 3. The Labute approximate surface area is 84.9 Å². The first-order valence-corrected chi connectivity index (χ1v) is 4.51. The molecule has 1 aromatic heterocycles. The molecule has 15 heavy (non-hydrogen) atoms. The standard InChI is InChI=1S/C9H11F3N2O/c1-3-6(2)14-4-7(5-15)8(13-14)9(10,11)12/h4-6H,3H2,1-2H3. The lowest BCUT2D eigenvalue weighted by atomic mass is 10.2. The van der Waals surface area contributed by atoms with E-state index in [0.29, 0.717) is 6.42 Å². The molecular formula is C9H11F3N2O. The van der Waals surface area contributed by atoms with Gasteiger partial charge in [-0.05, 0) is 13.3 Å². The molecule has 6 heteroatoms. The Morgan fingerprint density at radius 3 is 2.53 bits per heavy atom. The van der Waals surface area contributed by atoms with Crippen molar-refractivity contribution >= 4 is 6.29 Å². The minimum atomic E-state index is -4.57. The first kappa shape index (κ1) is 11.7. The second-order valence-corrected chi connectivity index (χ2v) is 3.29. The normalized spacial score (nSPS) is 13.9. The molecule has 3 nitrogen and oxygen atoms in total. The fourth-order valence-electron chi connectivity index (χ4n) is 1.13. The summed E-state index contributed by atoms with van der Waals surface area (Å²) in [7, 11) is 0. The molecule has 0 radical (unpaired) electrons. The zero-order valence-corrected chi connectivity index (χ0v) is 8.38. The van der Waals surface area contributed by atoms with Crippen LogP contribution in [0.15, 0.2) is 6.20 Å². The first-order chi connectivity index (χ1) is 6.90. The van der Waals surface area contributed by atoms with Crippen molar-refractivity contribution in [2.24, 2.45) is 0 Å². The van der Waals surface area contributed by atoms with Gasteiger partial charge in [0, 0.05) is 12.2 Å². The average molecular weight is 220 g/mol. The summed E-state index contributed by atoms with van der Waals surface area (Å²) in [6, 6.07) is -0.153. The lowest BCUT2D eigenvalue weighted by Crippen LogP contribution is -2.11. The largest absolute Gasteiger partial charge is 0.435 e. The van der Waals surface area contributed by atoms with Crippen molar-refractivity contribution in [2.75, 3.05) is 0 Å². The smallest absolute Gasteiger partial charge is 0.298 e. The molecule has 1 atom stereocenters. The number of hydrogen-bond donors (Lipinski definition) is 0. The Kier molecular flexibility index (Phi) is 3.16. The van der Waals surface area contributed by atoms with E-state index >= 15 is 0 Å². The van der Waals surface area contributed by atoms with E-state index in [1.807, 2.05) is 6.92 Å². The number of carbonyl (C=O) groups is 1. The Hall–Kier alpha value is -1.33. The molecule has 1 unspecified atom stereocenters. The second kappa shape index (κ2) is 4.04. The van der Waals surface area contributed by atoms with Crippen LogP contribution in [-0.2, 0) is 6.18 Å². The van der Waals surface area contributed by atoms with Crippen LogP contribution in [0.1, 0.15) is 42.4 Å². The van der Waals surface area contributed by atoms with E-state index in [-0.39, 0.29) is 12.3 Å². The van der Waals surface area contributed by atoms with Crippen LogP contribution in [0.4, 0.5) is 13.2 Å². The molecule has 1 aromatic rings. The van der Waals surface area contributed by atoms with Crippen molar-refractivity contribution in [1.82, 2.24) is 9.78 Å². The zero-order chi connectivity index (χ0) is 11.6. The monoisotopic (exact) mass is 220 g/mol. The third kappa shape index (κ3) is 2.37. The maximum absolute atomic E-state index is 12.4. The van der Waals surface area contributed by atoms with E-state index < -0.39 is 17.4 Å². The van der Waals surface area contributed by atoms with Crippen molar-refractivity contribution in [3.8, 4) is 0 Å². The Bertz CT molecular complexity index is 357. The lowest BCUT2D eigenvalue weighted by molar-refractivity contribution is -0.141. The molecule has 84 valence electrons. The van der Waals surface area contributed by atoms with Crippen molar-refractivity contribution in [3.05, 3.63) is 17.5 Å². The average Bonchev–Trinajstić information content (AvgIpc) is 2.59. The number of nitrogens with zero attached hydrogens (tertiary/aromatic N) is 2. The highest BCUT2D eigenvalue weighted by molar-refractivity contribution is 5.76. The molecule has 0 N–H and O–H groups in total. The summed E-state index contributed by atoms with van der Waals surface area (Å²) in [5.41, 5.74) is -1.53. The number of alkyl halides is 3. The van der Waals surface area contributed by atoms with Gasteiger partial charge in [0.25, 0.3) is 0 Å². The van der Waals surface area contributed by atoms with E-state index in [1.54, 1.807) is 6.92 Å². The maximum Gasteiger partial charge on any atom is 0.435 e. The number of aldehydes is 1. The summed E-state index contributed by atoms with van der Waals surface area (Å²) < 4.78 is 38.3. The highest BCUT2D eigenvalue weighted by Gasteiger charge is 2.37. The van der Waals surface area contributed by atoms with Crippen LogP contribution in [0.3, 0.4) is 0 Å². The SMILES string of the molecule is CCC(C)n1cc(C=O)c(C(F)(F)F)n1. The first-order valence-electron chi connectivity index (χ1n) is 4.51. The maximum atomic E-state index is 12.4. The molecule has 1 rings (SSSR count). The van der Waals surface area contributed by atoms with Crippen LogP contribution < -0.4 is 0 Å². The van der Waals surface area contributed by atoms with Gasteiger partial charge in [0.05, 0.1) is 5.56 Å². The quantitative estimate of drug-likeness (QED) is 0.734. The summed E-state index contributed by atoms with van der Waals surface area (Å²) in [6.07, 6.45) is -2.62.